The molecule has 1 amide bonds. The lowest BCUT2D eigenvalue weighted by Crippen LogP contribution is -2.38. The summed E-state index contributed by atoms with van der Waals surface area (Å²) in [4.78, 5) is 14.5. The van der Waals surface area contributed by atoms with E-state index in [2.05, 4.69) is 15.6 Å². The summed E-state index contributed by atoms with van der Waals surface area (Å²) in [6, 6.07) is 5.58. The highest BCUT2D eigenvalue weighted by Crippen LogP contribution is 2.16. The van der Waals surface area contributed by atoms with Gasteiger partial charge in [0.1, 0.15) is 0 Å². The Bertz CT molecular complexity index is 473. The zero-order valence-electron chi connectivity index (χ0n) is 12.5. The summed E-state index contributed by atoms with van der Waals surface area (Å²) in [7, 11) is 0. The number of hydrogen-bond acceptors (Lipinski definition) is 5. The minimum Gasteiger partial charge on any atom is -0.379 e. The minimum absolute atomic E-state index is 0.0892. The van der Waals surface area contributed by atoms with Crippen LogP contribution in [0.15, 0.2) is 18.2 Å². The lowest BCUT2D eigenvalue weighted by molar-refractivity contribution is 0.0374. The van der Waals surface area contributed by atoms with Crippen LogP contribution < -0.4 is 16.6 Å². The smallest absolute Gasteiger partial charge is 0.253 e. The van der Waals surface area contributed by atoms with Gasteiger partial charge in [-0.1, -0.05) is 11.6 Å². The molecule has 0 radical (unpaired) electrons. The predicted octanol–water partition coefficient (Wildman–Crippen LogP) is 0.733. The van der Waals surface area contributed by atoms with Gasteiger partial charge in [-0.2, -0.15) is 0 Å². The van der Waals surface area contributed by atoms with E-state index in [4.69, 9.17) is 10.6 Å². The predicted molar refractivity (Wildman–Crippen MR) is 83.2 cm³/mol. The van der Waals surface area contributed by atoms with Crippen molar-refractivity contribution in [2.24, 2.45) is 5.84 Å². The second-order valence-electron chi connectivity index (χ2n) is 5.26. The number of ether oxygens (including phenoxy) is 1. The van der Waals surface area contributed by atoms with Gasteiger partial charge in [-0.25, -0.2) is 0 Å². The SMILES string of the molecule is Cc1ccc(NN)c(C(=O)NCCCN2CCOCC2)c1. The third-order valence-corrected chi connectivity index (χ3v) is 3.62. The lowest BCUT2D eigenvalue weighted by atomic mass is 10.1. The number of carbonyl (C=O) groups is 1. The van der Waals surface area contributed by atoms with Crippen molar-refractivity contribution in [3.8, 4) is 0 Å². The Morgan fingerprint density at radius 1 is 1.38 bits per heavy atom. The van der Waals surface area contributed by atoms with E-state index < -0.39 is 0 Å². The molecule has 21 heavy (non-hydrogen) atoms. The zero-order chi connectivity index (χ0) is 15.1. The molecule has 2 rings (SSSR count). The van der Waals surface area contributed by atoms with Crippen LogP contribution in [-0.2, 0) is 4.74 Å². The number of hydrazine groups is 1. The molecule has 0 bridgehead atoms. The Labute approximate surface area is 125 Å². The highest BCUT2D eigenvalue weighted by Gasteiger charge is 2.12. The molecule has 4 N–H and O–H groups in total. The van der Waals surface area contributed by atoms with E-state index in [0.29, 0.717) is 17.8 Å². The number of rotatable bonds is 6. The zero-order valence-corrected chi connectivity index (χ0v) is 12.5. The molecular weight excluding hydrogens is 268 g/mol. The quantitative estimate of drug-likeness (QED) is 0.409. The van der Waals surface area contributed by atoms with Crippen LogP contribution in [0.25, 0.3) is 0 Å². The maximum atomic E-state index is 12.2. The molecule has 1 aromatic rings. The van der Waals surface area contributed by atoms with Crippen molar-refractivity contribution in [3.63, 3.8) is 0 Å². The van der Waals surface area contributed by atoms with Crippen molar-refractivity contribution in [2.75, 3.05) is 44.8 Å². The van der Waals surface area contributed by atoms with Gasteiger partial charge in [-0.05, 0) is 32.0 Å². The number of nitrogens with two attached hydrogens (primary N) is 1. The third-order valence-electron chi connectivity index (χ3n) is 3.62. The van der Waals surface area contributed by atoms with Gasteiger partial charge in [0.2, 0.25) is 0 Å². The first-order valence-electron chi connectivity index (χ1n) is 7.36. The monoisotopic (exact) mass is 292 g/mol. The van der Waals surface area contributed by atoms with Crippen molar-refractivity contribution in [1.82, 2.24) is 10.2 Å². The molecule has 1 aromatic carbocycles. The van der Waals surface area contributed by atoms with Crippen LogP contribution in [0, 0.1) is 6.92 Å². The van der Waals surface area contributed by atoms with Crippen molar-refractivity contribution in [1.29, 1.82) is 0 Å². The maximum Gasteiger partial charge on any atom is 0.253 e. The van der Waals surface area contributed by atoms with E-state index in [1.807, 2.05) is 25.1 Å². The molecule has 1 aliphatic rings. The Kier molecular flexibility index (Phi) is 5.98. The fourth-order valence-electron chi connectivity index (χ4n) is 2.40. The minimum atomic E-state index is -0.0892. The highest BCUT2D eigenvalue weighted by atomic mass is 16.5. The van der Waals surface area contributed by atoms with Gasteiger partial charge in [0.05, 0.1) is 24.5 Å². The fraction of sp³-hybridized carbons (Fsp3) is 0.533. The summed E-state index contributed by atoms with van der Waals surface area (Å²) in [5, 5.41) is 2.95. The van der Waals surface area contributed by atoms with Crippen molar-refractivity contribution >= 4 is 11.6 Å². The second kappa shape index (κ2) is 7.97. The largest absolute Gasteiger partial charge is 0.379 e. The van der Waals surface area contributed by atoms with Gasteiger partial charge in [-0.3, -0.25) is 15.5 Å². The standard InChI is InChI=1S/C15H24N4O2/c1-12-3-4-14(18-16)13(11-12)15(20)17-5-2-6-19-7-9-21-10-8-19/h3-4,11,18H,2,5-10,16H2,1H3,(H,17,20). The highest BCUT2D eigenvalue weighted by molar-refractivity contribution is 5.99. The molecule has 0 spiro atoms. The summed E-state index contributed by atoms with van der Waals surface area (Å²) in [5.41, 5.74) is 4.83. The van der Waals surface area contributed by atoms with Crippen molar-refractivity contribution in [3.05, 3.63) is 29.3 Å². The Morgan fingerprint density at radius 3 is 2.86 bits per heavy atom. The molecule has 0 unspecified atom stereocenters. The van der Waals surface area contributed by atoms with Crippen LogP contribution in [0.1, 0.15) is 22.3 Å². The number of amides is 1. The number of nitrogens with one attached hydrogen (secondary N) is 2. The van der Waals surface area contributed by atoms with Gasteiger partial charge in [0.15, 0.2) is 0 Å². The van der Waals surface area contributed by atoms with Crippen LogP contribution in [0.2, 0.25) is 0 Å². The van der Waals surface area contributed by atoms with Crippen LogP contribution in [-0.4, -0.2) is 50.2 Å². The average molecular weight is 292 g/mol. The molecule has 1 aliphatic heterocycles. The Morgan fingerprint density at radius 2 is 2.14 bits per heavy atom. The van der Waals surface area contributed by atoms with E-state index in [0.717, 1.165) is 44.8 Å². The number of carbonyl (C=O) groups excluding carboxylic acids is 1. The number of morpholine rings is 1. The van der Waals surface area contributed by atoms with Crippen molar-refractivity contribution in [2.45, 2.75) is 13.3 Å². The summed E-state index contributed by atoms with van der Waals surface area (Å²) in [5.74, 6) is 5.35. The third kappa shape index (κ3) is 4.70. The number of anilines is 1. The van der Waals surface area contributed by atoms with E-state index >= 15 is 0 Å². The van der Waals surface area contributed by atoms with Crippen molar-refractivity contribution < 1.29 is 9.53 Å². The van der Waals surface area contributed by atoms with E-state index in [9.17, 15) is 4.79 Å². The van der Waals surface area contributed by atoms with E-state index in [-0.39, 0.29) is 5.91 Å². The number of aryl methyl sites for hydroxylation is 1. The fourth-order valence-corrected chi connectivity index (χ4v) is 2.40. The van der Waals surface area contributed by atoms with Gasteiger partial charge in [0, 0.05) is 19.6 Å². The van der Waals surface area contributed by atoms with Gasteiger partial charge in [0.25, 0.3) is 5.91 Å². The molecule has 0 atom stereocenters. The first-order valence-corrected chi connectivity index (χ1v) is 7.36. The molecule has 1 fully saturated rings. The van der Waals surface area contributed by atoms with Gasteiger partial charge in [-0.15, -0.1) is 0 Å². The first kappa shape index (κ1) is 15.8. The van der Waals surface area contributed by atoms with Crippen LogP contribution >= 0.6 is 0 Å². The van der Waals surface area contributed by atoms with Gasteiger partial charge < -0.3 is 15.5 Å². The molecule has 6 nitrogen and oxygen atoms in total. The summed E-state index contributed by atoms with van der Waals surface area (Å²) in [6.07, 6.45) is 0.933. The molecule has 0 aliphatic carbocycles. The molecule has 116 valence electrons. The maximum absolute atomic E-state index is 12.2. The van der Waals surface area contributed by atoms with Crippen LogP contribution in [0.3, 0.4) is 0 Å². The number of hydrogen-bond donors (Lipinski definition) is 3. The summed E-state index contributed by atoms with van der Waals surface area (Å²) < 4.78 is 5.31. The average Bonchev–Trinajstić information content (AvgIpc) is 2.52. The van der Waals surface area contributed by atoms with E-state index in [1.165, 1.54) is 0 Å². The molecular formula is C15H24N4O2. The number of benzene rings is 1. The van der Waals surface area contributed by atoms with E-state index in [1.54, 1.807) is 0 Å². The van der Waals surface area contributed by atoms with Crippen LogP contribution in [0.4, 0.5) is 5.69 Å². The van der Waals surface area contributed by atoms with Crippen LogP contribution in [0.5, 0.6) is 0 Å². The number of nitrogen functional groups attached to an aromatic ring is 1. The molecule has 1 saturated heterocycles. The number of nitrogens with zero attached hydrogens (tertiary/aromatic N) is 1. The second-order valence-corrected chi connectivity index (χ2v) is 5.26. The molecule has 1 heterocycles. The Balaban J connectivity index is 1.77. The topological polar surface area (TPSA) is 79.6 Å². The molecule has 0 aromatic heterocycles. The van der Waals surface area contributed by atoms with Gasteiger partial charge >= 0.3 is 0 Å². The Hall–Kier alpha value is -1.63. The summed E-state index contributed by atoms with van der Waals surface area (Å²) >= 11 is 0. The molecule has 0 saturated carbocycles. The molecule has 6 heteroatoms. The normalized spacial score (nSPS) is 15.7. The lowest BCUT2D eigenvalue weighted by Gasteiger charge is -2.26. The summed E-state index contributed by atoms with van der Waals surface area (Å²) in [6.45, 7) is 7.17. The first-order chi connectivity index (χ1) is 10.2.